The van der Waals surface area contributed by atoms with Crippen molar-refractivity contribution in [2.24, 2.45) is 0 Å². The van der Waals surface area contributed by atoms with Crippen molar-refractivity contribution in [1.82, 2.24) is 4.31 Å². The summed E-state index contributed by atoms with van der Waals surface area (Å²) < 4.78 is 37.5. The lowest BCUT2D eigenvalue weighted by Gasteiger charge is -2.14. The van der Waals surface area contributed by atoms with Crippen molar-refractivity contribution in [1.29, 1.82) is 0 Å². The van der Waals surface area contributed by atoms with Crippen molar-refractivity contribution in [3.63, 3.8) is 0 Å². The van der Waals surface area contributed by atoms with Gasteiger partial charge >= 0.3 is 0 Å². The first-order valence-electron chi connectivity index (χ1n) is 6.15. The first-order valence-corrected chi connectivity index (χ1v) is 8.94. The number of aryl methyl sites for hydroxylation is 1. The third kappa shape index (κ3) is 2.88. The van der Waals surface area contributed by atoms with Crippen LogP contribution in [0.15, 0.2) is 10.3 Å². The first-order chi connectivity index (χ1) is 9.43. The molecule has 2 atom stereocenters. The second-order valence-corrected chi connectivity index (χ2v) is 8.24. The maximum Gasteiger partial charge on any atom is 0.252 e. The second-order valence-electron chi connectivity index (χ2n) is 4.68. The second kappa shape index (κ2) is 6.29. The number of hydrogen-bond donors (Lipinski definition) is 0. The number of sulfonamides is 1. The van der Waals surface area contributed by atoms with Crippen LogP contribution in [0.3, 0.4) is 0 Å². The summed E-state index contributed by atoms with van der Waals surface area (Å²) in [7, 11) is -0.377. The highest BCUT2D eigenvalue weighted by Gasteiger charge is 2.40. The summed E-state index contributed by atoms with van der Waals surface area (Å²) in [4.78, 5) is 0.885. The molecule has 5 nitrogen and oxygen atoms in total. The van der Waals surface area contributed by atoms with Crippen LogP contribution in [0.5, 0.6) is 0 Å². The molecule has 0 spiro atoms. The Morgan fingerprint density at radius 1 is 1.35 bits per heavy atom. The highest BCUT2D eigenvalue weighted by Crippen LogP contribution is 2.31. The standard InChI is InChI=1S/C12H18ClNO4S2/c1-8-4-12(19-11(8)5-13)20(15,16)14-6-9(17-2)10(7-14)18-3/h4,9-10H,5-7H2,1-3H3. The van der Waals surface area contributed by atoms with Gasteiger partial charge in [-0.15, -0.1) is 22.9 Å². The Kier molecular flexibility index (Phi) is 5.09. The molecule has 2 unspecified atom stereocenters. The van der Waals surface area contributed by atoms with Crippen LogP contribution >= 0.6 is 22.9 Å². The molecule has 0 aliphatic carbocycles. The Morgan fingerprint density at radius 3 is 2.30 bits per heavy atom. The molecule has 1 saturated heterocycles. The molecule has 1 aromatic rings. The molecule has 1 aliphatic heterocycles. The molecule has 2 heterocycles. The van der Waals surface area contributed by atoms with Gasteiger partial charge in [0.15, 0.2) is 0 Å². The maximum atomic E-state index is 12.6. The lowest BCUT2D eigenvalue weighted by Crippen LogP contribution is -2.29. The van der Waals surface area contributed by atoms with Gasteiger partial charge in [0.25, 0.3) is 10.0 Å². The van der Waals surface area contributed by atoms with Gasteiger partial charge in [-0.2, -0.15) is 4.31 Å². The van der Waals surface area contributed by atoms with E-state index in [1.807, 2.05) is 6.92 Å². The van der Waals surface area contributed by atoms with Gasteiger partial charge in [-0.1, -0.05) is 0 Å². The lowest BCUT2D eigenvalue weighted by molar-refractivity contribution is -0.00461. The number of ether oxygens (including phenoxy) is 2. The van der Waals surface area contributed by atoms with E-state index in [1.54, 1.807) is 20.3 Å². The van der Waals surface area contributed by atoms with Gasteiger partial charge in [0.1, 0.15) is 4.21 Å². The molecule has 0 amide bonds. The summed E-state index contributed by atoms with van der Waals surface area (Å²) in [6.07, 6.45) is -0.466. The highest BCUT2D eigenvalue weighted by molar-refractivity contribution is 7.91. The van der Waals surface area contributed by atoms with Crippen LogP contribution in [0, 0.1) is 6.92 Å². The summed E-state index contributed by atoms with van der Waals surface area (Å²) in [6.45, 7) is 2.49. The fourth-order valence-corrected chi connectivity index (χ4v) is 5.67. The minimum atomic E-state index is -3.50. The molecule has 114 valence electrons. The molecule has 0 radical (unpaired) electrons. The van der Waals surface area contributed by atoms with Crippen molar-refractivity contribution >= 4 is 33.0 Å². The Hall–Kier alpha value is -0.180. The third-order valence-electron chi connectivity index (χ3n) is 3.50. The van der Waals surface area contributed by atoms with Crippen molar-refractivity contribution in [2.45, 2.75) is 29.2 Å². The van der Waals surface area contributed by atoms with E-state index in [2.05, 4.69) is 0 Å². The van der Waals surface area contributed by atoms with Crippen molar-refractivity contribution in [3.8, 4) is 0 Å². The molecule has 8 heteroatoms. The predicted molar refractivity (Wildman–Crippen MR) is 79.0 cm³/mol. The topological polar surface area (TPSA) is 55.8 Å². The Bertz CT molecular complexity index is 560. The van der Waals surface area contributed by atoms with Crippen LogP contribution < -0.4 is 0 Å². The fraction of sp³-hybridized carbons (Fsp3) is 0.667. The molecule has 0 aromatic carbocycles. The van der Waals surface area contributed by atoms with Crippen LogP contribution in [0.25, 0.3) is 0 Å². The van der Waals surface area contributed by atoms with Crippen LogP contribution in [-0.2, 0) is 25.4 Å². The van der Waals surface area contributed by atoms with Gasteiger partial charge in [-0.05, 0) is 18.6 Å². The zero-order valence-corrected chi connectivity index (χ0v) is 14.0. The zero-order valence-electron chi connectivity index (χ0n) is 11.6. The van der Waals surface area contributed by atoms with Crippen molar-refractivity contribution < 1.29 is 17.9 Å². The van der Waals surface area contributed by atoms with Gasteiger partial charge in [0.2, 0.25) is 0 Å². The monoisotopic (exact) mass is 339 g/mol. The zero-order chi connectivity index (χ0) is 14.9. The molecular weight excluding hydrogens is 322 g/mol. The Labute approximate surface area is 128 Å². The summed E-state index contributed by atoms with van der Waals surface area (Å²) in [5.74, 6) is 0.327. The van der Waals surface area contributed by atoms with Crippen LogP contribution in [0.1, 0.15) is 10.4 Å². The van der Waals surface area contributed by atoms with E-state index in [-0.39, 0.29) is 12.2 Å². The molecule has 1 fully saturated rings. The van der Waals surface area contributed by atoms with Crippen LogP contribution in [-0.4, -0.2) is 52.2 Å². The average Bonchev–Trinajstić information content (AvgIpc) is 3.01. The summed E-state index contributed by atoms with van der Waals surface area (Å²) >= 11 is 7.04. The van der Waals surface area contributed by atoms with E-state index in [9.17, 15) is 8.42 Å². The maximum absolute atomic E-state index is 12.6. The number of alkyl halides is 1. The van der Waals surface area contributed by atoms with E-state index in [4.69, 9.17) is 21.1 Å². The summed E-state index contributed by atoms with van der Waals surface area (Å²) in [6, 6.07) is 1.68. The van der Waals surface area contributed by atoms with Crippen molar-refractivity contribution in [2.75, 3.05) is 27.3 Å². The smallest absolute Gasteiger partial charge is 0.252 e. The molecule has 0 bridgehead atoms. The predicted octanol–water partition coefficient (Wildman–Crippen LogP) is 1.83. The Balaban J connectivity index is 2.27. The lowest BCUT2D eigenvalue weighted by atomic mass is 10.3. The van der Waals surface area contributed by atoms with Crippen LogP contribution in [0.4, 0.5) is 0 Å². The van der Waals surface area contributed by atoms with Gasteiger partial charge in [0, 0.05) is 32.2 Å². The quantitative estimate of drug-likeness (QED) is 0.768. The van der Waals surface area contributed by atoms with Crippen LogP contribution in [0.2, 0.25) is 0 Å². The van der Waals surface area contributed by atoms with Crippen molar-refractivity contribution in [3.05, 3.63) is 16.5 Å². The molecule has 1 aliphatic rings. The van der Waals surface area contributed by atoms with E-state index >= 15 is 0 Å². The first kappa shape index (κ1) is 16.2. The van der Waals surface area contributed by atoms with E-state index in [0.717, 1.165) is 10.4 Å². The summed E-state index contributed by atoms with van der Waals surface area (Å²) in [5.41, 5.74) is 0.911. The number of methoxy groups -OCH3 is 2. The minimum absolute atomic E-state index is 0.233. The SMILES string of the molecule is COC1CN(S(=O)(=O)c2cc(C)c(CCl)s2)CC1OC. The van der Waals surface area contributed by atoms with E-state index in [0.29, 0.717) is 23.2 Å². The fourth-order valence-electron chi connectivity index (χ4n) is 2.24. The van der Waals surface area contributed by atoms with E-state index < -0.39 is 10.0 Å². The molecule has 1 aromatic heterocycles. The molecule has 2 rings (SSSR count). The number of rotatable bonds is 5. The summed E-state index contributed by atoms with van der Waals surface area (Å²) in [5, 5.41) is 0. The number of hydrogen-bond acceptors (Lipinski definition) is 5. The Morgan fingerprint density at radius 2 is 1.90 bits per heavy atom. The minimum Gasteiger partial charge on any atom is -0.377 e. The molecular formula is C12H18ClNO4S2. The largest absolute Gasteiger partial charge is 0.377 e. The van der Waals surface area contributed by atoms with Gasteiger partial charge in [0.05, 0.1) is 18.1 Å². The number of nitrogens with zero attached hydrogens (tertiary/aromatic N) is 1. The highest BCUT2D eigenvalue weighted by atomic mass is 35.5. The van der Waals surface area contributed by atoms with Gasteiger partial charge in [-0.3, -0.25) is 0 Å². The molecule has 0 N–H and O–H groups in total. The van der Waals surface area contributed by atoms with Gasteiger partial charge < -0.3 is 9.47 Å². The molecule has 20 heavy (non-hydrogen) atoms. The van der Waals surface area contributed by atoms with E-state index in [1.165, 1.54) is 15.6 Å². The molecule has 0 saturated carbocycles. The average molecular weight is 340 g/mol. The third-order valence-corrected chi connectivity index (χ3v) is 7.44. The number of halogens is 1. The normalized spacial score (nSPS) is 24.4. The van der Waals surface area contributed by atoms with Gasteiger partial charge in [-0.25, -0.2) is 8.42 Å². The number of thiophene rings is 1.